The molecule has 0 atom stereocenters. The first kappa shape index (κ1) is 6.99. The molecule has 1 aliphatic rings. The summed E-state index contributed by atoms with van der Waals surface area (Å²) in [6.07, 6.45) is 0.664. The lowest BCUT2D eigenvalue weighted by molar-refractivity contribution is -0.0279. The predicted octanol–water partition coefficient (Wildman–Crippen LogP) is 0.432. The van der Waals surface area contributed by atoms with Gasteiger partial charge < -0.3 is 9.47 Å². The molecule has 3 heteroatoms. The van der Waals surface area contributed by atoms with Crippen molar-refractivity contribution < 1.29 is 9.47 Å². The van der Waals surface area contributed by atoms with Crippen molar-refractivity contribution in [2.24, 2.45) is 0 Å². The monoisotopic (exact) mass is 130 g/mol. The SMILES string of the molecule is CCN(C)[C]1OCCO1. The minimum Gasteiger partial charge on any atom is -0.329 e. The fraction of sp³-hybridized carbons (Fsp3) is 0.833. The average molecular weight is 130 g/mol. The highest BCUT2D eigenvalue weighted by molar-refractivity contribution is 4.67. The zero-order chi connectivity index (χ0) is 6.69. The third kappa shape index (κ3) is 1.64. The summed E-state index contributed by atoms with van der Waals surface area (Å²) in [6, 6.07) is 0. The minimum absolute atomic E-state index is 0.664. The summed E-state index contributed by atoms with van der Waals surface area (Å²) in [5.74, 6) is 0. The Morgan fingerprint density at radius 3 is 2.44 bits per heavy atom. The summed E-state index contributed by atoms with van der Waals surface area (Å²) in [4.78, 5) is 1.94. The van der Waals surface area contributed by atoms with E-state index in [4.69, 9.17) is 9.47 Å². The molecule has 1 saturated heterocycles. The minimum atomic E-state index is 0.664. The average Bonchev–Trinajstić information content (AvgIpc) is 2.37. The largest absolute Gasteiger partial charge is 0.329 e. The van der Waals surface area contributed by atoms with Crippen molar-refractivity contribution in [3.8, 4) is 0 Å². The Bertz CT molecular complexity index is 81.1. The molecule has 0 saturated carbocycles. The van der Waals surface area contributed by atoms with E-state index in [9.17, 15) is 0 Å². The highest BCUT2D eigenvalue weighted by atomic mass is 16.7. The number of hydrogen-bond donors (Lipinski definition) is 0. The van der Waals surface area contributed by atoms with Crippen LogP contribution in [0.5, 0.6) is 0 Å². The maximum absolute atomic E-state index is 5.13. The molecule has 1 fully saturated rings. The first-order chi connectivity index (χ1) is 4.34. The summed E-state index contributed by atoms with van der Waals surface area (Å²) < 4.78 is 10.3. The highest BCUT2D eigenvalue weighted by Gasteiger charge is 2.21. The lowest BCUT2D eigenvalue weighted by Crippen LogP contribution is -2.24. The second kappa shape index (κ2) is 3.15. The van der Waals surface area contributed by atoms with Crippen LogP contribution in [-0.4, -0.2) is 31.7 Å². The quantitative estimate of drug-likeness (QED) is 0.541. The van der Waals surface area contributed by atoms with Gasteiger partial charge in [-0.25, -0.2) is 4.90 Å². The Morgan fingerprint density at radius 1 is 1.44 bits per heavy atom. The molecule has 9 heavy (non-hydrogen) atoms. The second-order valence-corrected chi connectivity index (χ2v) is 1.98. The van der Waals surface area contributed by atoms with Gasteiger partial charge in [0.25, 0.3) is 0 Å². The van der Waals surface area contributed by atoms with Gasteiger partial charge in [0.2, 0.25) is 0 Å². The second-order valence-electron chi connectivity index (χ2n) is 1.98. The Kier molecular flexibility index (Phi) is 2.45. The van der Waals surface area contributed by atoms with Crippen LogP contribution in [-0.2, 0) is 9.47 Å². The lowest BCUT2D eigenvalue weighted by Gasteiger charge is -2.16. The van der Waals surface area contributed by atoms with E-state index in [0.717, 1.165) is 6.54 Å². The molecule has 0 aromatic carbocycles. The van der Waals surface area contributed by atoms with E-state index in [1.807, 2.05) is 11.9 Å². The van der Waals surface area contributed by atoms with E-state index < -0.39 is 0 Å². The van der Waals surface area contributed by atoms with Gasteiger partial charge in [-0.1, -0.05) is 6.92 Å². The summed E-state index contributed by atoms with van der Waals surface area (Å²) in [7, 11) is 1.95. The molecule has 3 nitrogen and oxygen atoms in total. The Balaban J connectivity index is 2.24. The highest BCUT2D eigenvalue weighted by Crippen LogP contribution is 2.14. The van der Waals surface area contributed by atoms with Crippen molar-refractivity contribution in [1.82, 2.24) is 4.90 Å². The maximum atomic E-state index is 5.13. The van der Waals surface area contributed by atoms with Crippen LogP contribution >= 0.6 is 0 Å². The maximum Gasteiger partial charge on any atom is 0.303 e. The summed E-state index contributed by atoms with van der Waals surface area (Å²) in [5, 5.41) is 0. The molecule has 53 valence electrons. The molecule has 1 rings (SSSR count). The molecule has 0 bridgehead atoms. The van der Waals surface area contributed by atoms with Gasteiger partial charge >= 0.3 is 6.41 Å². The molecule has 0 aromatic heterocycles. The van der Waals surface area contributed by atoms with Crippen molar-refractivity contribution >= 4 is 0 Å². The smallest absolute Gasteiger partial charge is 0.303 e. The number of rotatable bonds is 2. The molecule has 0 N–H and O–H groups in total. The normalized spacial score (nSPS) is 21.7. The Hall–Kier alpha value is -0.120. The van der Waals surface area contributed by atoms with Gasteiger partial charge in [0.1, 0.15) is 0 Å². The van der Waals surface area contributed by atoms with Gasteiger partial charge in [-0.05, 0) is 7.05 Å². The third-order valence-electron chi connectivity index (χ3n) is 1.32. The standard InChI is InChI=1S/C6H12NO2/c1-3-7(2)6-8-4-5-9-6/h3-5H2,1-2H3. The predicted molar refractivity (Wildman–Crippen MR) is 33.5 cm³/mol. The van der Waals surface area contributed by atoms with Crippen LogP contribution in [0.4, 0.5) is 0 Å². The molecular formula is C6H12NO2. The molecule has 0 unspecified atom stereocenters. The van der Waals surface area contributed by atoms with Gasteiger partial charge in [-0.15, -0.1) is 0 Å². The Labute approximate surface area is 55.5 Å². The molecule has 0 spiro atoms. The fourth-order valence-electron chi connectivity index (χ4n) is 0.649. The summed E-state index contributed by atoms with van der Waals surface area (Å²) in [6.45, 7) is 4.37. The number of hydrogen-bond acceptors (Lipinski definition) is 3. The van der Waals surface area contributed by atoms with Crippen molar-refractivity contribution in [2.75, 3.05) is 26.8 Å². The van der Waals surface area contributed by atoms with E-state index in [0.29, 0.717) is 19.6 Å². The van der Waals surface area contributed by atoms with Crippen LogP contribution < -0.4 is 0 Å². The van der Waals surface area contributed by atoms with Crippen molar-refractivity contribution in [3.63, 3.8) is 0 Å². The fourth-order valence-corrected chi connectivity index (χ4v) is 0.649. The van der Waals surface area contributed by atoms with Crippen LogP contribution in [0.1, 0.15) is 6.92 Å². The molecule has 1 heterocycles. The van der Waals surface area contributed by atoms with E-state index in [1.165, 1.54) is 0 Å². The summed E-state index contributed by atoms with van der Waals surface area (Å²) in [5.41, 5.74) is 0. The van der Waals surface area contributed by atoms with Gasteiger partial charge in [0.15, 0.2) is 0 Å². The molecule has 1 aliphatic heterocycles. The Morgan fingerprint density at radius 2 is 2.00 bits per heavy atom. The third-order valence-corrected chi connectivity index (χ3v) is 1.32. The number of nitrogens with zero attached hydrogens (tertiary/aromatic N) is 1. The van der Waals surface area contributed by atoms with Crippen LogP contribution in [0.2, 0.25) is 0 Å². The van der Waals surface area contributed by atoms with E-state index >= 15 is 0 Å². The van der Waals surface area contributed by atoms with Crippen LogP contribution in [0.3, 0.4) is 0 Å². The van der Waals surface area contributed by atoms with E-state index in [2.05, 4.69) is 6.92 Å². The van der Waals surface area contributed by atoms with Gasteiger partial charge in [-0.3, -0.25) is 0 Å². The van der Waals surface area contributed by atoms with Gasteiger partial charge in [0, 0.05) is 6.54 Å². The first-order valence-corrected chi connectivity index (χ1v) is 3.18. The van der Waals surface area contributed by atoms with Crippen molar-refractivity contribution in [3.05, 3.63) is 6.41 Å². The van der Waals surface area contributed by atoms with Crippen LogP contribution in [0.15, 0.2) is 0 Å². The number of ether oxygens (including phenoxy) is 2. The summed E-state index contributed by atoms with van der Waals surface area (Å²) >= 11 is 0. The molecule has 0 aromatic rings. The molecule has 0 amide bonds. The van der Waals surface area contributed by atoms with Crippen molar-refractivity contribution in [2.45, 2.75) is 6.92 Å². The van der Waals surface area contributed by atoms with Crippen LogP contribution in [0, 0.1) is 6.41 Å². The molecular weight excluding hydrogens is 118 g/mol. The zero-order valence-corrected chi connectivity index (χ0v) is 5.89. The lowest BCUT2D eigenvalue weighted by atomic mass is 10.6. The molecule has 1 radical (unpaired) electrons. The van der Waals surface area contributed by atoms with Crippen molar-refractivity contribution in [1.29, 1.82) is 0 Å². The topological polar surface area (TPSA) is 21.7 Å². The van der Waals surface area contributed by atoms with Crippen LogP contribution in [0.25, 0.3) is 0 Å². The van der Waals surface area contributed by atoms with E-state index in [-0.39, 0.29) is 0 Å². The zero-order valence-electron chi connectivity index (χ0n) is 5.89. The van der Waals surface area contributed by atoms with Gasteiger partial charge in [-0.2, -0.15) is 0 Å². The first-order valence-electron chi connectivity index (χ1n) is 3.18. The molecule has 0 aliphatic carbocycles. The van der Waals surface area contributed by atoms with E-state index in [1.54, 1.807) is 0 Å². The van der Waals surface area contributed by atoms with Gasteiger partial charge in [0.05, 0.1) is 13.2 Å².